The highest BCUT2D eigenvalue weighted by Gasteiger charge is 2.39. The van der Waals surface area contributed by atoms with Gasteiger partial charge in [0.2, 0.25) is 0 Å². The maximum atomic E-state index is 6.30. The third kappa shape index (κ3) is 3.36. The van der Waals surface area contributed by atoms with Crippen LogP contribution in [0, 0.1) is 5.92 Å². The minimum absolute atomic E-state index is 0.318. The lowest BCUT2D eigenvalue weighted by Crippen LogP contribution is -2.43. The quantitative estimate of drug-likeness (QED) is 0.805. The summed E-state index contributed by atoms with van der Waals surface area (Å²) in [5.74, 6) is 0.845. The molecule has 122 valence electrons. The van der Waals surface area contributed by atoms with Gasteiger partial charge in [0.1, 0.15) is 0 Å². The van der Waals surface area contributed by atoms with Gasteiger partial charge in [0, 0.05) is 44.5 Å². The Hall–Kier alpha value is -0.910. The van der Waals surface area contributed by atoms with E-state index in [1.165, 1.54) is 24.8 Å². The number of rotatable bonds is 6. The fourth-order valence-electron chi connectivity index (χ4n) is 3.84. The molecule has 3 aliphatic rings. The van der Waals surface area contributed by atoms with E-state index in [9.17, 15) is 0 Å². The maximum absolute atomic E-state index is 6.30. The van der Waals surface area contributed by atoms with E-state index in [-0.39, 0.29) is 0 Å². The first-order valence-corrected chi connectivity index (χ1v) is 8.72. The van der Waals surface area contributed by atoms with E-state index in [2.05, 4.69) is 16.2 Å². The first-order chi connectivity index (χ1) is 10.8. The largest absolute Gasteiger partial charge is 0.378 e. The minimum atomic E-state index is 0.318. The van der Waals surface area contributed by atoms with E-state index >= 15 is 0 Å². The fourth-order valence-corrected chi connectivity index (χ4v) is 3.84. The van der Waals surface area contributed by atoms with Gasteiger partial charge in [-0.2, -0.15) is 5.10 Å². The summed E-state index contributed by atoms with van der Waals surface area (Å²) >= 11 is 0. The van der Waals surface area contributed by atoms with E-state index in [1.807, 2.05) is 17.9 Å². The van der Waals surface area contributed by atoms with Gasteiger partial charge in [-0.05, 0) is 38.0 Å². The molecule has 2 aliphatic heterocycles. The number of nitrogens with zero attached hydrogens (tertiary/aromatic N) is 3. The van der Waals surface area contributed by atoms with E-state index in [1.54, 1.807) is 0 Å². The van der Waals surface area contributed by atoms with Crippen LogP contribution in [0.25, 0.3) is 0 Å². The van der Waals surface area contributed by atoms with Crippen LogP contribution in [0.5, 0.6) is 0 Å². The summed E-state index contributed by atoms with van der Waals surface area (Å²) in [5, 5.41) is 4.27. The molecule has 0 N–H and O–H groups in total. The lowest BCUT2D eigenvalue weighted by atomic mass is 9.99. The van der Waals surface area contributed by atoms with Crippen molar-refractivity contribution < 1.29 is 9.47 Å². The predicted octanol–water partition coefficient (Wildman–Crippen LogP) is 1.97. The normalized spacial score (nSPS) is 32.3. The van der Waals surface area contributed by atoms with Crippen molar-refractivity contribution in [2.75, 3.05) is 19.8 Å². The number of likely N-dealkylation sites (tertiary alicyclic amines) is 1. The molecule has 3 atom stereocenters. The molecular weight excluding hydrogens is 278 g/mol. The molecule has 1 aromatic heterocycles. The number of ether oxygens (including phenoxy) is 2. The second-order valence-corrected chi connectivity index (χ2v) is 7.20. The third-order valence-electron chi connectivity index (χ3n) is 5.25. The molecule has 0 radical (unpaired) electrons. The molecule has 4 rings (SSSR count). The van der Waals surface area contributed by atoms with Crippen molar-refractivity contribution in [2.45, 2.75) is 56.9 Å². The highest BCUT2D eigenvalue weighted by molar-refractivity contribution is 5.05. The van der Waals surface area contributed by atoms with Crippen LogP contribution >= 0.6 is 0 Å². The Kier molecular flexibility index (Phi) is 4.20. The van der Waals surface area contributed by atoms with Gasteiger partial charge in [-0.1, -0.05) is 0 Å². The molecule has 0 unspecified atom stereocenters. The van der Waals surface area contributed by atoms with Gasteiger partial charge in [-0.15, -0.1) is 0 Å². The third-order valence-corrected chi connectivity index (χ3v) is 5.25. The topological polar surface area (TPSA) is 39.5 Å². The van der Waals surface area contributed by atoms with Gasteiger partial charge in [0.15, 0.2) is 0 Å². The van der Waals surface area contributed by atoms with Crippen LogP contribution in [-0.2, 0) is 23.1 Å². The van der Waals surface area contributed by atoms with Gasteiger partial charge in [0.25, 0.3) is 0 Å². The van der Waals surface area contributed by atoms with Crippen molar-refractivity contribution >= 4 is 0 Å². The van der Waals surface area contributed by atoms with E-state index in [0.29, 0.717) is 18.2 Å². The summed E-state index contributed by atoms with van der Waals surface area (Å²) in [6, 6.07) is 0.583. The summed E-state index contributed by atoms with van der Waals surface area (Å²) in [5.41, 5.74) is 1.30. The molecule has 5 heteroatoms. The molecular formula is C17H27N3O2. The Labute approximate surface area is 132 Å². The van der Waals surface area contributed by atoms with Crippen LogP contribution in [0.4, 0.5) is 0 Å². The summed E-state index contributed by atoms with van der Waals surface area (Å²) in [6.45, 7) is 3.88. The predicted molar refractivity (Wildman–Crippen MR) is 83.5 cm³/mol. The standard InChI is InChI=1S/C17H27N3O2/c1-19-9-14(8-18-19)10-20-7-6-17-16(20)5-4-15(22-17)12-21-11-13-2-3-13/h8-9,13,15-17H,2-7,10-12H2,1H3/t15-,16+,17+/m1/s1. The van der Waals surface area contributed by atoms with Gasteiger partial charge in [-0.25, -0.2) is 0 Å². The minimum Gasteiger partial charge on any atom is -0.378 e. The number of hydrogen-bond donors (Lipinski definition) is 0. The lowest BCUT2D eigenvalue weighted by molar-refractivity contribution is -0.101. The summed E-state index contributed by atoms with van der Waals surface area (Å²) in [4.78, 5) is 2.57. The van der Waals surface area contributed by atoms with Crippen molar-refractivity contribution in [3.63, 3.8) is 0 Å². The van der Waals surface area contributed by atoms with Crippen LogP contribution in [0.1, 0.15) is 37.7 Å². The molecule has 3 fully saturated rings. The average Bonchev–Trinajstić information content (AvgIpc) is 3.12. The fraction of sp³-hybridized carbons (Fsp3) is 0.824. The van der Waals surface area contributed by atoms with Crippen molar-refractivity contribution in [2.24, 2.45) is 13.0 Å². The molecule has 0 amide bonds. The van der Waals surface area contributed by atoms with E-state index in [0.717, 1.165) is 45.1 Å². The Morgan fingerprint density at radius 3 is 2.91 bits per heavy atom. The van der Waals surface area contributed by atoms with E-state index < -0.39 is 0 Å². The smallest absolute Gasteiger partial charge is 0.0813 e. The SMILES string of the molecule is Cn1cc(CN2CC[C@@H]3O[C@@H](COCC4CC4)CC[C@@H]32)cn1. The Balaban J connectivity index is 1.26. The Morgan fingerprint density at radius 1 is 1.23 bits per heavy atom. The number of hydrogen-bond acceptors (Lipinski definition) is 4. The van der Waals surface area contributed by atoms with Gasteiger partial charge >= 0.3 is 0 Å². The highest BCUT2D eigenvalue weighted by atomic mass is 16.5. The molecule has 0 aromatic carbocycles. The van der Waals surface area contributed by atoms with Crippen LogP contribution in [0.3, 0.4) is 0 Å². The number of fused-ring (bicyclic) bond motifs is 1. The zero-order chi connectivity index (χ0) is 14.9. The summed E-state index contributed by atoms with van der Waals surface area (Å²) < 4.78 is 14.0. The zero-order valence-corrected chi connectivity index (χ0v) is 13.5. The molecule has 1 aliphatic carbocycles. The average molecular weight is 305 g/mol. The second-order valence-electron chi connectivity index (χ2n) is 7.20. The zero-order valence-electron chi connectivity index (χ0n) is 13.5. The van der Waals surface area contributed by atoms with E-state index in [4.69, 9.17) is 9.47 Å². The van der Waals surface area contributed by atoms with Crippen molar-refractivity contribution in [1.82, 2.24) is 14.7 Å². The van der Waals surface area contributed by atoms with Crippen LogP contribution in [-0.4, -0.2) is 52.7 Å². The first kappa shape index (κ1) is 14.7. The van der Waals surface area contributed by atoms with Crippen molar-refractivity contribution in [3.05, 3.63) is 18.0 Å². The van der Waals surface area contributed by atoms with Gasteiger partial charge in [0.05, 0.1) is 25.0 Å². The number of aromatic nitrogens is 2. The van der Waals surface area contributed by atoms with Crippen molar-refractivity contribution in [1.29, 1.82) is 0 Å². The second kappa shape index (κ2) is 6.30. The molecule has 5 nitrogen and oxygen atoms in total. The monoisotopic (exact) mass is 305 g/mol. The molecule has 1 aromatic rings. The highest BCUT2D eigenvalue weighted by Crippen LogP contribution is 2.33. The molecule has 22 heavy (non-hydrogen) atoms. The Bertz CT molecular complexity index is 500. The molecule has 0 bridgehead atoms. The molecule has 0 spiro atoms. The van der Waals surface area contributed by atoms with Gasteiger partial charge in [-0.3, -0.25) is 9.58 Å². The van der Waals surface area contributed by atoms with Gasteiger partial charge < -0.3 is 9.47 Å². The molecule has 1 saturated carbocycles. The lowest BCUT2D eigenvalue weighted by Gasteiger charge is -2.35. The number of aryl methyl sites for hydroxylation is 1. The van der Waals surface area contributed by atoms with Crippen LogP contribution < -0.4 is 0 Å². The maximum Gasteiger partial charge on any atom is 0.0813 e. The first-order valence-electron chi connectivity index (χ1n) is 8.72. The van der Waals surface area contributed by atoms with Crippen molar-refractivity contribution in [3.8, 4) is 0 Å². The van der Waals surface area contributed by atoms with Crippen LogP contribution in [0.15, 0.2) is 12.4 Å². The van der Waals surface area contributed by atoms with Crippen LogP contribution in [0.2, 0.25) is 0 Å². The molecule has 3 heterocycles. The summed E-state index contributed by atoms with van der Waals surface area (Å²) in [7, 11) is 1.98. The summed E-state index contributed by atoms with van der Waals surface area (Å²) in [6.07, 6.45) is 11.1. The Morgan fingerprint density at radius 2 is 2.14 bits per heavy atom. The molecule has 2 saturated heterocycles.